The summed E-state index contributed by atoms with van der Waals surface area (Å²) >= 11 is 0. The molecule has 2 heterocycles. The fourth-order valence-corrected chi connectivity index (χ4v) is 2.68. The van der Waals surface area contributed by atoms with Crippen molar-refractivity contribution in [1.29, 1.82) is 0 Å². The Kier molecular flexibility index (Phi) is 6.91. The van der Waals surface area contributed by atoms with Crippen LogP contribution < -0.4 is 0 Å². The number of nitrogens with zero attached hydrogens (tertiary/aromatic N) is 2. The van der Waals surface area contributed by atoms with E-state index in [-0.39, 0.29) is 26.2 Å². The van der Waals surface area contributed by atoms with Gasteiger partial charge in [0, 0.05) is 7.12 Å². The van der Waals surface area contributed by atoms with E-state index in [2.05, 4.69) is 19.9 Å². The molecule has 2 aromatic heterocycles. The zero-order chi connectivity index (χ0) is 13.9. The molecular weight excluding hydrogens is 319 g/mol. The average molecular weight is 343 g/mol. The van der Waals surface area contributed by atoms with Gasteiger partial charge >= 0.3 is 0 Å². The molecule has 0 unspecified atom stereocenters. The van der Waals surface area contributed by atoms with E-state index < -0.39 is 0 Å². The fourth-order valence-electron chi connectivity index (χ4n) is 2.68. The van der Waals surface area contributed by atoms with E-state index in [9.17, 15) is 0 Å². The maximum absolute atomic E-state index is 4.40. The number of benzene rings is 1. The second-order valence-corrected chi connectivity index (χ2v) is 5.29. The maximum atomic E-state index is 4.40. The van der Waals surface area contributed by atoms with E-state index >= 15 is 0 Å². The molecule has 2 N–H and O–H groups in total. The van der Waals surface area contributed by atoms with Crippen molar-refractivity contribution in [3.8, 4) is 0 Å². The van der Waals surface area contributed by atoms with Crippen LogP contribution in [-0.2, 0) is 12.8 Å². The quantitative estimate of drug-likeness (QED) is 0.629. The molecular formula is C16H24Cl2N4. The van der Waals surface area contributed by atoms with Crippen LogP contribution in [0, 0.1) is 13.8 Å². The summed E-state index contributed by atoms with van der Waals surface area (Å²) in [6.45, 7) is 3.98. The van der Waals surface area contributed by atoms with E-state index in [0.29, 0.717) is 0 Å². The Balaban J connectivity index is 0.000000372. The molecule has 6 heteroatoms. The number of aromatic nitrogens is 4. The third-order valence-corrected chi connectivity index (χ3v) is 3.58. The number of para-hydroxylation sites is 2. The summed E-state index contributed by atoms with van der Waals surface area (Å²) < 4.78 is 0. The fraction of sp³-hybridized carbons (Fsp3) is 0.375. The van der Waals surface area contributed by atoms with Crippen LogP contribution in [0.4, 0.5) is 0 Å². The van der Waals surface area contributed by atoms with Crippen LogP contribution in [-0.4, -0.2) is 19.9 Å². The van der Waals surface area contributed by atoms with Gasteiger partial charge in [0.15, 0.2) is 0 Å². The molecule has 4 nitrogen and oxygen atoms in total. The Morgan fingerprint density at radius 3 is 2.32 bits per heavy atom. The number of hydrogen-bond acceptors (Lipinski definition) is 2. The Morgan fingerprint density at radius 1 is 0.909 bits per heavy atom. The first-order valence-corrected chi connectivity index (χ1v) is 7.18. The van der Waals surface area contributed by atoms with Gasteiger partial charge < -0.3 is 9.97 Å². The van der Waals surface area contributed by atoms with Crippen molar-refractivity contribution in [3.63, 3.8) is 0 Å². The Bertz CT molecular complexity index is 667. The molecule has 0 spiro atoms. The molecule has 0 saturated heterocycles. The zero-order valence-corrected chi connectivity index (χ0v) is 14.5. The topological polar surface area (TPSA) is 57.4 Å². The summed E-state index contributed by atoms with van der Waals surface area (Å²) in [6, 6.07) is 8.01. The van der Waals surface area contributed by atoms with Crippen LogP contribution >= 0.6 is 24.8 Å². The summed E-state index contributed by atoms with van der Waals surface area (Å²) in [5.41, 5.74) is 4.84. The molecule has 0 amide bonds. The molecule has 1 aromatic carbocycles. The van der Waals surface area contributed by atoms with Gasteiger partial charge in [0.05, 0.1) is 16.7 Å². The van der Waals surface area contributed by atoms with Crippen LogP contribution in [0.1, 0.15) is 37.3 Å². The summed E-state index contributed by atoms with van der Waals surface area (Å²) in [5, 5.41) is 0. The molecule has 22 heavy (non-hydrogen) atoms. The van der Waals surface area contributed by atoms with Crippen molar-refractivity contribution >= 4 is 35.8 Å². The highest BCUT2D eigenvalue weighted by Crippen LogP contribution is 2.17. The predicted octanol–water partition coefficient (Wildman–Crippen LogP) is 4.56. The zero-order valence-electron chi connectivity index (χ0n) is 12.8. The predicted molar refractivity (Wildman–Crippen MR) is 97.4 cm³/mol. The smallest absolute Gasteiger partial charge is 0.104 e. The first-order chi connectivity index (χ1) is 9.72. The van der Waals surface area contributed by atoms with Gasteiger partial charge in [-0.15, -0.1) is 24.8 Å². The second kappa shape index (κ2) is 8.20. The van der Waals surface area contributed by atoms with Crippen molar-refractivity contribution in [1.82, 2.24) is 19.9 Å². The normalized spacial score (nSPS) is 12.5. The number of hydrogen-bond donors (Lipinski definition) is 2. The molecule has 0 saturated carbocycles. The minimum atomic E-state index is 0. The van der Waals surface area contributed by atoms with Crippen molar-refractivity contribution in [3.05, 3.63) is 47.3 Å². The minimum absolute atomic E-state index is 0. The van der Waals surface area contributed by atoms with Crippen molar-refractivity contribution < 1.29 is 1.43 Å². The van der Waals surface area contributed by atoms with Crippen molar-refractivity contribution in [2.24, 2.45) is 0 Å². The lowest BCUT2D eigenvalue weighted by atomic mass is 10.0. The molecule has 0 atom stereocenters. The molecule has 122 valence electrons. The molecule has 3 aromatic rings. The summed E-state index contributed by atoms with van der Waals surface area (Å²) in [6.07, 6.45) is 5.03. The first kappa shape index (κ1) is 18.5. The van der Waals surface area contributed by atoms with Gasteiger partial charge in [-0.25, -0.2) is 9.97 Å². The molecule has 4 rings (SSSR count). The summed E-state index contributed by atoms with van der Waals surface area (Å²) in [7, 11) is 0. The lowest BCUT2D eigenvalue weighted by Gasteiger charge is -2.07. The molecule has 0 bridgehead atoms. The molecule has 0 fully saturated rings. The Labute approximate surface area is 144 Å². The average Bonchev–Trinajstić information content (AvgIpc) is 2.99. The lowest BCUT2D eigenvalue weighted by Crippen LogP contribution is -2.00. The van der Waals surface area contributed by atoms with Crippen molar-refractivity contribution in [2.75, 3.05) is 0 Å². The minimum Gasteiger partial charge on any atom is -0.346 e. The van der Waals surface area contributed by atoms with Crippen LogP contribution in [0.3, 0.4) is 0 Å². The van der Waals surface area contributed by atoms with E-state index in [0.717, 1.165) is 22.7 Å². The second-order valence-electron chi connectivity index (χ2n) is 5.29. The molecule has 1 aliphatic rings. The highest BCUT2D eigenvalue weighted by Gasteiger charge is 2.11. The van der Waals surface area contributed by atoms with E-state index in [1.165, 1.54) is 37.1 Å². The summed E-state index contributed by atoms with van der Waals surface area (Å²) in [5.74, 6) is 2.05. The number of aromatic amines is 2. The Hall–Kier alpha value is -1.52. The van der Waals surface area contributed by atoms with Crippen LogP contribution in [0.25, 0.3) is 11.0 Å². The summed E-state index contributed by atoms with van der Waals surface area (Å²) in [4.78, 5) is 15.1. The van der Waals surface area contributed by atoms with Gasteiger partial charge in [-0.3, -0.25) is 0 Å². The number of rotatable bonds is 0. The monoisotopic (exact) mass is 342 g/mol. The molecule has 0 aliphatic heterocycles. The highest BCUT2D eigenvalue weighted by molar-refractivity contribution is 5.85. The number of halogens is 2. The van der Waals surface area contributed by atoms with Gasteiger partial charge in [0.1, 0.15) is 11.6 Å². The third-order valence-electron chi connectivity index (χ3n) is 3.58. The van der Waals surface area contributed by atoms with E-state index in [4.69, 9.17) is 0 Å². The maximum Gasteiger partial charge on any atom is 0.104 e. The number of imidazole rings is 2. The number of aryl methyl sites for hydroxylation is 4. The lowest BCUT2D eigenvalue weighted by molar-refractivity contribution is 0.667. The SMILES string of the molecule is Cc1nc2c([nH]1)CCCC2.Cc1nc2ccccc2[nH]1.Cl.Cl.[HH]. The van der Waals surface area contributed by atoms with Crippen LogP contribution in [0.15, 0.2) is 24.3 Å². The number of nitrogens with one attached hydrogen (secondary N) is 2. The standard InChI is InChI=1S/C8H12N2.C8H8N2.2ClH.H2/c2*1-6-9-7-4-2-3-5-8(7)10-6;;;/h2-5H2,1H3,(H,9,10);2-5H,1H3,(H,9,10);3*1H. The number of H-pyrrole nitrogens is 2. The third kappa shape index (κ3) is 4.24. The van der Waals surface area contributed by atoms with Gasteiger partial charge in [0.2, 0.25) is 0 Å². The van der Waals surface area contributed by atoms with Crippen LogP contribution in [0.5, 0.6) is 0 Å². The van der Waals surface area contributed by atoms with Gasteiger partial charge in [-0.05, 0) is 51.7 Å². The largest absolute Gasteiger partial charge is 0.346 e. The van der Waals surface area contributed by atoms with E-state index in [1.54, 1.807) is 0 Å². The van der Waals surface area contributed by atoms with Gasteiger partial charge in [-0.2, -0.15) is 0 Å². The number of fused-ring (bicyclic) bond motifs is 2. The van der Waals surface area contributed by atoms with Crippen molar-refractivity contribution in [2.45, 2.75) is 39.5 Å². The van der Waals surface area contributed by atoms with E-state index in [1.807, 2.05) is 38.1 Å². The van der Waals surface area contributed by atoms with Gasteiger partial charge in [-0.1, -0.05) is 12.1 Å². The van der Waals surface area contributed by atoms with Crippen LogP contribution in [0.2, 0.25) is 0 Å². The first-order valence-electron chi connectivity index (χ1n) is 7.18. The molecule has 1 aliphatic carbocycles. The molecule has 0 radical (unpaired) electrons. The highest BCUT2D eigenvalue weighted by atomic mass is 35.5. The Morgan fingerprint density at radius 2 is 1.59 bits per heavy atom. The van der Waals surface area contributed by atoms with Gasteiger partial charge in [0.25, 0.3) is 0 Å².